The third-order valence-electron chi connectivity index (χ3n) is 5.15. The summed E-state index contributed by atoms with van der Waals surface area (Å²) < 4.78 is 0. The standard InChI is InChI=1S/C10H18O2.C3H6O2/c1-8(2)7-4-5-9(8,3)10(11,12)6-7;1-2-3(4)5/h7,11-12H,4-6H2,1-3H3;2H2,1H3,(H,4,5)/t7-,9+;/m1./s1. The van der Waals surface area contributed by atoms with Crippen LogP contribution in [0.5, 0.6) is 0 Å². The van der Waals surface area contributed by atoms with Gasteiger partial charge < -0.3 is 15.3 Å². The topological polar surface area (TPSA) is 77.8 Å². The zero-order valence-corrected chi connectivity index (χ0v) is 11.2. The van der Waals surface area contributed by atoms with Crippen molar-refractivity contribution in [3.05, 3.63) is 0 Å². The van der Waals surface area contributed by atoms with Crippen molar-refractivity contribution in [2.24, 2.45) is 16.7 Å². The minimum absolute atomic E-state index is 0.0938. The van der Waals surface area contributed by atoms with Crippen LogP contribution in [0.3, 0.4) is 0 Å². The number of fused-ring (bicyclic) bond motifs is 2. The van der Waals surface area contributed by atoms with Crippen LogP contribution in [0.4, 0.5) is 0 Å². The van der Waals surface area contributed by atoms with E-state index in [1.807, 2.05) is 6.92 Å². The van der Waals surface area contributed by atoms with Crippen LogP contribution in [0.25, 0.3) is 0 Å². The second-order valence-electron chi connectivity index (χ2n) is 6.06. The molecule has 0 heterocycles. The summed E-state index contributed by atoms with van der Waals surface area (Å²) in [5.74, 6) is -1.66. The lowest BCUT2D eigenvalue weighted by Gasteiger charge is -2.41. The van der Waals surface area contributed by atoms with E-state index in [0.29, 0.717) is 12.3 Å². The van der Waals surface area contributed by atoms with Crippen LogP contribution in [0.2, 0.25) is 0 Å². The maximum atomic E-state index is 9.84. The van der Waals surface area contributed by atoms with Crippen LogP contribution in [-0.4, -0.2) is 27.1 Å². The smallest absolute Gasteiger partial charge is 0.303 e. The van der Waals surface area contributed by atoms with Gasteiger partial charge in [0.2, 0.25) is 0 Å². The van der Waals surface area contributed by atoms with Gasteiger partial charge >= 0.3 is 5.97 Å². The predicted molar refractivity (Wildman–Crippen MR) is 64.3 cm³/mol. The van der Waals surface area contributed by atoms with Gasteiger partial charge in [-0.2, -0.15) is 0 Å². The molecule has 0 aliphatic heterocycles. The minimum atomic E-state index is -1.42. The van der Waals surface area contributed by atoms with E-state index in [0.717, 1.165) is 12.8 Å². The number of carboxylic acid groups (broad SMARTS) is 1. The van der Waals surface area contributed by atoms with Crippen LogP contribution >= 0.6 is 0 Å². The van der Waals surface area contributed by atoms with Crippen molar-refractivity contribution in [1.82, 2.24) is 0 Å². The van der Waals surface area contributed by atoms with Crippen molar-refractivity contribution in [3.63, 3.8) is 0 Å². The normalized spacial score (nSPS) is 36.2. The first-order valence-corrected chi connectivity index (χ1v) is 6.25. The van der Waals surface area contributed by atoms with E-state index in [9.17, 15) is 15.0 Å². The van der Waals surface area contributed by atoms with Gasteiger partial charge in [0.25, 0.3) is 0 Å². The molecule has 2 rings (SSSR count). The molecule has 17 heavy (non-hydrogen) atoms. The van der Waals surface area contributed by atoms with E-state index in [2.05, 4.69) is 13.8 Å². The van der Waals surface area contributed by atoms with Gasteiger partial charge in [0, 0.05) is 18.3 Å². The highest BCUT2D eigenvalue weighted by atomic mass is 16.5. The molecule has 0 saturated heterocycles. The van der Waals surface area contributed by atoms with E-state index in [1.165, 1.54) is 0 Å². The Bertz CT molecular complexity index is 309. The number of rotatable bonds is 1. The molecule has 4 heteroatoms. The second-order valence-corrected chi connectivity index (χ2v) is 6.06. The Morgan fingerprint density at radius 1 is 1.29 bits per heavy atom. The van der Waals surface area contributed by atoms with Crippen molar-refractivity contribution >= 4 is 5.97 Å². The number of carboxylic acids is 1. The molecular weight excluding hydrogens is 220 g/mol. The summed E-state index contributed by atoms with van der Waals surface area (Å²) in [7, 11) is 0. The van der Waals surface area contributed by atoms with Crippen LogP contribution < -0.4 is 0 Å². The molecule has 2 aliphatic carbocycles. The molecule has 2 aliphatic rings. The summed E-state index contributed by atoms with van der Waals surface area (Å²) in [6.07, 6.45) is 2.90. The fourth-order valence-electron chi connectivity index (χ4n) is 3.24. The van der Waals surface area contributed by atoms with Crippen molar-refractivity contribution < 1.29 is 20.1 Å². The molecule has 0 aromatic carbocycles. The Morgan fingerprint density at radius 3 is 1.88 bits per heavy atom. The molecular formula is C13H24O4. The fourth-order valence-corrected chi connectivity index (χ4v) is 3.24. The van der Waals surface area contributed by atoms with Crippen LogP contribution in [0.1, 0.15) is 53.4 Å². The van der Waals surface area contributed by atoms with Gasteiger partial charge in [0.15, 0.2) is 5.79 Å². The average molecular weight is 244 g/mol. The number of aliphatic carboxylic acids is 1. The van der Waals surface area contributed by atoms with Crippen molar-refractivity contribution in [2.75, 3.05) is 0 Å². The quantitative estimate of drug-likeness (QED) is 0.616. The molecule has 0 amide bonds. The zero-order chi connectivity index (χ0) is 13.5. The molecule has 0 spiro atoms. The molecule has 2 fully saturated rings. The van der Waals surface area contributed by atoms with Crippen LogP contribution in [-0.2, 0) is 4.79 Å². The monoisotopic (exact) mass is 244 g/mol. The Kier molecular flexibility index (Phi) is 3.61. The molecule has 2 bridgehead atoms. The van der Waals surface area contributed by atoms with E-state index in [1.54, 1.807) is 6.92 Å². The van der Waals surface area contributed by atoms with Gasteiger partial charge in [-0.05, 0) is 24.2 Å². The van der Waals surface area contributed by atoms with Gasteiger partial charge in [0.05, 0.1) is 0 Å². The Balaban J connectivity index is 0.000000249. The van der Waals surface area contributed by atoms with Gasteiger partial charge in [0.1, 0.15) is 0 Å². The second kappa shape index (κ2) is 4.25. The molecule has 2 atom stereocenters. The summed E-state index contributed by atoms with van der Waals surface area (Å²) in [5.41, 5.74) is -0.193. The molecule has 3 N–H and O–H groups in total. The van der Waals surface area contributed by atoms with E-state index >= 15 is 0 Å². The SMILES string of the molecule is CC1(C)[C@@H]2CC[C@]1(C)C(O)(O)C2.CCC(=O)O. The summed E-state index contributed by atoms with van der Waals surface area (Å²) in [4.78, 5) is 9.37. The lowest BCUT2D eigenvalue weighted by atomic mass is 9.68. The van der Waals surface area contributed by atoms with Gasteiger partial charge in [-0.1, -0.05) is 27.7 Å². The molecule has 0 aromatic rings. The average Bonchev–Trinajstić information content (AvgIpc) is 2.49. The van der Waals surface area contributed by atoms with Crippen molar-refractivity contribution in [3.8, 4) is 0 Å². The van der Waals surface area contributed by atoms with E-state index in [-0.39, 0.29) is 17.3 Å². The maximum Gasteiger partial charge on any atom is 0.303 e. The van der Waals surface area contributed by atoms with E-state index < -0.39 is 11.8 Å². The largest absolute Gasteiger partial charge is 0.481 e. The fraction of sp³-hybridized carbons (Fsp3) is 0.923. The lowest BCUT2D eigenvalue weighted by Crippen LogP contribution is -2.46. The molecule has 4 nitrogen and oxygen atoms in total. The predicted octanol–water partition coefficient (Wildman–Crippen LogP) is 1.99. The van der Waals surface area contributed by atoms with Crippen molar-refractivity contribution in [2.45, 2.75) is 59.2 Å². The highest BCUT2D eigenvalue weighted by Crippen LogP contribution is 2.68. The summed E-state index contributed by atoms with van der Waals surface area (Å²) in [6.45, 7) is 7.94. The number of aliphatic hydroxyl groups is 2. The molecule has 2 saturated carbocycles. The first kappa shape index (κ1) is 14.5. The number of hydrogen-bond donors (Lipinski definition) is 3. The zero-order valence-electron chi connectivity index (χ0n) is 11.2. The first-order chi connectivity index (χ1) is 7.58. The first-order valence-electron chi connectivity index (χ1n) is 6.25. The van der Waals surface area contributed by atoms with Crippen molar-refractivity contribution in [1.29, 1.82) is 0 Å². The maximum absolute atomic E-state index is 9.84. The molecule has 0 radical (unpaired) electrons. The Morgan fingerprint density at radius 2 is 1.76 bits per heavy atom. The highest BCUT2D eigenvalue weighted by Gasteiger charge is 2.68. The Labute approximate surface area is 103 Å². The number of carbonyl (C=O) groups is 1. The molecule has 100 valence electrons. The van der Waals surface area contributed by atoms with Gasteiger partial charge in [-0.25, -0.2) is 0 Å². The van der Waals surface area contributed by atoms with Crippen LogP contribution in [0.15, 0.2) is 0 Å². The highest BCUT2D eigenvalue weighted by molar-refractivity contribution is 5.66. The lowest BCUT2D eigenvalue weighted by molar-refractivity contribution is -0.241. The Hall–Kier alpha value is -0.610. The summed E-state index contributed by atoms with van der Waals surface area (Å²) in [6, 6.07) is 0. The summed E-state index contributed by atoms with van der Waals surface area (Å²) in [5, 5.41) is 27.4. The van der Waals surface area contributed by atoms with Crippen LogP contribution in [0, 0.1) is 16.7 Å². The third-order valence-corrected chi connectivity index (χ3v) is 5.15. The number of hydrogen-bond acceptors (Lipinski definition) is 3. The van der Waals surface area contributed by atoms with E-state index in [4.69, 9.17) is 5.11 Å². The molecule has 0 aromatic heterocycles. The molecule has 0 unspecified atom stereocenters. The minimum Gasteiger partial charge on any atom is -0.481 e. The summed E-state index contributed by atoms with van der Waals surface area (Å²) >= 11 is 0. The van der Waals surface area contributed by atoms with Gasteiger partial charge in [-0.15, -0.1) is 0 Å². The third kappa shape index (κ3) is 2.08. The van der Waals surface area contributed by atoms with Gasteiger partial charge in [-0.3, -0.25) is 4.79 Å².